The van der Waals surface area contributed by atoms with Crippen LogP contribution in [0.2, 0.25) is 0 Å². The van der Waals surface area contributed by atoms with Crippen LogP contribution in [-0.4, -0.2) is 21.9 Å². The number of likely N-dealkylation sites (N-methyl/N-ethyl adjacent to an activating group) is 1. The molecule has 72 valence electrons. The van der Waals surface area contributed by atoms with Gasteiger partial charge in [-0.15, -0.1) is 0 Å². The zero-order chi connectivity index (χ0) is 9.68. The summed E-state index contributed by atoms with van der Waals surface area (Å²) in [4.78, 5) is 10.4. The zero-order valence-corrected chi connectivity index (χ0v) is 9.27. The number of hydrogen-bond acceptors (Lipinski definition) is 4. The van der Waals surface area contributed by atoms with Gasteiger partial charge in [0.15, 0.2) is 0 Å². The van der Waals surface area contributed by atoms with E-state index in [2.05, 4.69) is 22.8 Å². The van der Waals surface area contributed by atoms with E-state index in [1.807, 2.05) is 0 Å². The van der Waals surface area contributed by atoms with E-state index in [1.54, 1.807) is 34.4 Å². The molecule has 1 aliphatic heterocycles. The van der Waals surface area contributed by atoms with Crippen molar-refractivity contribution in [1.29, 1.82) is 0 Å². The second kappa shape index (κ2) is 5.26. The number of nitrogens with zero attached hydrogens (tertiary/aromatic N) is 2. The molecule has 3 nitrogen and oxygen atoms in total. The molecular formula is C8H12N2OS2. The van der Waals surface area contributed by atoms with Crippen molar-refractivity contribution in [3.05, 3.63) is 33.3 Å². The lowest BCUT2D eigenvalue weighted by Gasteiger charge is -1.99. The third-order valence-electron chi connectivity index (χ3n) is 1.44. The average Bonchev–Trinajstić information content (AvgIpc) is 2.67. The highest BCUT2D eigenvalue weighted by Gasteiger charge is 1.96. The molecule has 0 N–H and O–H groups in total. The maximum atomic E-state index is 10.4. The summed E-state index contributed by atoms with van der Waals surface area (Å²) in [6.45, 7) is 1.10. The molecule has 5 heteroatoms. The van der Waals surface area contributed by atoms with Gasteiger partial charge in [-0.2, -0.15) is 0 Å². The van der Waals surface area contributed by atoms with Gasteiger partial charge >= 0.3 is 0 Å². The van der Waals surface area contributed by atoms with Gasteiger partial charge in [0.2, 0.25) is 0 Å². The number of rotatable bonds is 0. The van der Waals surface area contributed by atoms with Crippen LogP contribution in [-0.2, 0) is 7.05 Å². The average molecular weight is 216 g/mol. The molecular weight excluding hydrogens is 204 g/mol. The van der Waals surface area contributed by atoms with Gasteiger partial charge < -0.3 is 0 Å². The minimum Gasteiger partial charge on any atom is -0.268 e. The van der Waals surface area contributed by atoms with Gasteiger partial charge in [0.25, 0.3) is 5.56 Å². The number of aromatic nitrogens is 1. The van der Waals surface area contributed by atoms with Gasteiger partial charge in [0.1, 0.15) is 0 Å². The smallest absolute Gasteiger partial charge is 0.260 e. The SMILES string of the molecule is CN1CC=CS1.Cn1sccc1=O. The second-order valence-corrected chi connectivity index (χ2v) is 4.67. The Kier molecular flexibility index (Phi) is 4.27. The molecule has 13 heavy (non-hydrogen) atoms. The van der Waals surface area contributed by atoms with Gasteiger partial charge in [-0.25, -0.2) is 4.31 Å². The highest BCUT2D eigenvalue weighted by molar-refractivity contribution is 8.00. The van der Waals surface area contributed by atoms with Crippen LogP contribution in [0.15, 0.2) is 27.7 Å². The molecule has 0 fully saturated rings. The third kappa shape index (κ3) is 3.80. The highest BCUT2D eigenvalue weighted by atomic mass is 32.2. The molecule has 0 unspecified atom stereocenters. The minimum absolute atomic E-state index is 0.0741. The Labute approximate surface area is 86.0 Å². The van der Waals surface area contributed by atoms with E-state index in [1.165, 1.54) is 11.5 Å². The Morgan fingerprint density at radius 2 is 2.23 bits per heavy atom. The summed E-state index contributed by atoms with van der Waals surface area (Å²) in [7, 11) is 3.82. The van der Waals surface area contributed by atoms with E-state index < -0.39 is 0 Å². The van der Waals surface area contributed by atoms with Crippen LogP contribution >= 0.6 is 23.5 Å². The van der Waals surface area contributed by atoms with Crippen molar-refractivity contribution in [2.24, 2.45) is 7.05 Å². The predicted molar refractivity (Wildman–Crippen MR) is 58.9 cm³/mol. The maximum absolute atomic E-state index is 10.4. The maximum Gasteiger partial charge on any atom is 0.260 e. The van der Waals surface area contributed by atoms with E-state index in [4.69, 9.17) is 0 Å². The van der Waals surface area contributed by atoms with Crippen molar-refractivity contribution in [1.82, 2.24) is 8.26 Å². The van der Waals surface area contributed by atoms with Crippen LogP contribution in [0.3, 0.4) is 0 Å². The van der Waals surface area contributed by atoms with Gasteiger partial charge in [0.05, 0.1) is 0 Å². The third-order valence-corrected chi connectivity index (χ3v) is 3.02. The van der Waals surface area contributed by atoms with E-state index in [0.717, 1.165) is 6.54 Å². The molecule has 0 aromatic carbocycles. The fourth-order valence-corrected chi connectivity index (χ4v) is 1.79. The monoisotopic (exact) mass is 216 g/mol. The first-order valence-electron chi connectivity index (χ1n) is 3.84. The first-order valence-corrected chi connectivity index (χ1v) is 5.51. The van der Waals surface area contributed by atoms with Crippen molar-refractivity contribution in [2.75, 3.05) is 13.6 Å². The Morgan fingerprint density at radius 1 is 1.46 bits per heavy atom. The van der Waals surface area contributed by atoms with Crippen LogP contribution in [0.25, 0.3) is 0 Å². The van der Waals surface area contributed by atoms with E-state index in [0.29, 0.717) is 0 Å². The van der Waals surface area contributed by atoms with Crippen molar-refractivity contribution in [3.63, 3.8) is 0 Å². The summed E-state index contributed by atoms with van der Waals surface area (Å²) in [5.74, 6) is 0. The van der Waals surface area contributed by atoms with Gasteiger partial charge in [0, 0.05) is 25.0 Å². The van der Waals surface area contributed by atoms with Crippen LogP contribution in [0.1, 0.15) is 0 Å². The molecule has 0 saturated carbocycles. The van der Waals surface area contributed by atoms with Gasteiger partial charge in [-0.05, 0) is 12.5 Å². The normalized spacial score (nSPS) is 15.5. The van der Waals surface area contributed by atoms with Crippen molar-refractivity contribution in [3.8, 4) is 0 Å². The molecule has 2 heterocycles. The highest BCUT2D eigenvalue weighted by Crippen LogP contribution is 2.13. The molecule has 1 aromatic heterocycles. The molecule has 0 saturated heterocycles. The summed E-state index contributed by atoms with van der Waals surface area (Å²) in [6.07, 6.45) is 2.14. The molecule has 0 radical (unpaired) electrons. The van der Waals surface area contributed by atoms with Crippen molar-refractivity contribution in [2.45, 2.75) is 0 Å². The summed E-state index contributed by atoms with van der Waals surface area (Å²) in [5.41, 5.74) is 0.0741. The van der Waals surface area contributed by atoms with Crippen LogP contribution < -0.4 is 5.56 Å². The lowest BCUT2D eigenvalue weighted by molar-refractivity contribution is 0.650. The van der Waals surface area contributed by atoms with Crippen LogP contribution in [0, 0.1) is 0 Å². The Balaban J connectivity index is 0.000000132. The molecule has 0 aliphatic carbocycles. The van der Waals surface area contributed by atoms with Crippen molar-refractivity contribution >= 4 is 23.5 Å². The zero-order valence-electron chi connectivity index (χ0n) is 7.64. The second-order valence-electron chi connectivity index (χ2n) is 2.53. The van der Waals surface area contributed by atoms with Gasteiger partial charge in [-0.1, -0.05) is 29.6 Å². The standard InChI is InChI=1S/C4H5NOS.C4H7NS/c1-5-4(6)2-3-7-5;1-5-3-2-4-6-5/h2-3H,1H3;2,4H,3H2,1H3. The fourth-order valence-electron chi connectivity index (χ4n) is 0.718. The first-order chi connectivity index (χ1) is 6.20. The van der Waals surface area contributed by atoms with Crippen LogP contribution in [0.4, 0.5) is 0 Å². The van der Waals surface area contributed by atoms with Crippen molar-refractivity contribution < 1.29 is 0 Å². The lowest BCUT2D eigenvalue weighted by Crippen LogP contribution is -2.05. The molecule has 1 aliphatic rings. The van der Waals surface area contributed by atoms with Crippen LogP contribution in [0.5, 0.6) is 0 Å². The summed E-state index contributed by atoms with van der Waals surface area (Å²) in [5, 5.41) is 3.86. The summed E-state index contributed by atoms with van der Waals surface area (Å²) < 4.78 is 3.74. The molecule has 1 aromatic rings. The quantitative estimate of drug-likeness (QED) is 0.615. The molecule has 2 rings (SSSR count). The Hall–Kier alpha value is -0.520. The molecule has 0 atom stereocenters. The summed E-state index contributed by atoms with van der Waals surface area (Å²) >= 11 is 3.16. The number of aryl methyl sites for hydroxylation is 1. The lowest BCUT2D eigenvalue weighted by atomic mass is 10.6. The summed E-state index contributed by atoms with van der Waals surface area (Å²) in [6, 6.07) is 1.55. The van der Waals surface area contributed by atoms with Gasteiger partial charge in [-0.3, -0.25) is 8.75 Å². The molecule has 0 spiro atoms. The van der Waals surface area contributed by atoms with E-state index >= 15 is 0 Å². The number of hydrogen-bond donors (Lipinski definition) is 0. The topological polar surface area (TPSA) is 25.2 Å². The largest absolute Gasteiger partial charge is 0.268 e. The van der Waals surface area contributed by atoms with E-state index in [9.17, 15) is 4.79 Å². The van der Waals surface area contributed by atoms with E-state index in [-0.39, 0.29) is 5.56 Å². The predicted octanol–water partition coefficient (Wildman–Crippen LogP) is 1.54. The Bertz CT molecular complexity index is 321. The minimum atomic E-state index is 0.0741. The molecule has 0 amide bonds. The fraction of sp³-hybridized carbons (Fsp3) is 0.375. The first kappa shape index (κ1) is 10.6. The molecule has 0 bridgehead atoms. The Morgan fingerprint density at radius 3 is 2.38 bits per heavy atom.